The molecular weight excluding hydrogens is 266 g/mol. The predicted molar refractivity (Wildman–Crippen MR) is 81.2 cm³/mol. The highest BCUT2D eigenvalue weighted by Crippen LogP contribution is 2.34. The zero-order valence-corrected chi connectivity index (χ0v) is 12.9. The van der Waals surface area contributed by atoms with Gasteiger partial charge in [-0.1, -0.05) is 32.9 Å². The van der Waals surface area contributed by atoms with Crippen LogP contribution in [0.5, 0.6) is 0 Å². The lowest BCUT2D eigenvalue weighted by atomic mass is 9.75. The molecule has 1 fully saturated rings. The predicted octanol–water partition coefficient (Wildman–Crippen LogP) is 2.82. The van der Waals surface area contributed by atoms with E-state index in [1.54, 1.807) is 24.3 Å². The van der Waals surface area contributed by atoms with Gasteiger partial charge in [-0.3, -0.25) is 4.79 Å². The van der Waals surface area contributed by atoms with E-state index in [9.17, 15) is 9.59 Å². The number of hydrogen-bond donors (Lipinski definition) is 1. The van der Waals surface area contributed by atoms with Crippen molar-refractivity contribution >= 4 is 11.9 Å². The van der Waals surface area contributed by atoms with Gasteiger partial charge in [0.1, 0.15) is 0 Å². The van der Waals surface area contributed by atoms with Gasteiger partial charge >= 0.3 is 5.97 Å². The van der Waals surface area contributed by atoms with Gasteiger partial charge in [-0.15, -0.1) is 0 Å². The highest BCUT2D eigenvalue weighted by molar-refractivity contribution is 5.87. The topological polar surface area (TPSA) is 57.6 Å². The Hall–Kier alpha value is -1.84. The van der Waals surface area contributed by atoms with E-state index >= 15 is 0 Å². The molecule has 0 bridgehead atoms. The lowest BCUT2D eigenvalue weighted by Crippen LogP contribution is -2.47. The Labute approximate surface area is 125 Å². The minimum atomic E-state index is -0.945. The van der Waals surface area contributed by atoms with E-state index in [4.69, 9.17) is 5.11 Å². The molecule has 1 amide bonds. The first-order valence-electron chi connectivity index (χ1n) is 7.39. The number of rotatable bonds is 3. The molecule has 4 heteroatoms. The molecule has 0 radical (unpaired) electrons. The number of piperidine rings is 1. The number of carboxylic acid groups (broad SMARTS) is 1. The molecule has 21 heavy (non-hydrogen) atoms. The van der Waals surface area contributed by atoms with Crippen LogP contribution in [0.2, 0.25) is 0 Å². The number of carbonyl (C=O) groups excluding carboxylic acids is 1. The summed E-state index contributed by atoms with van der Waals surface area (Å²) < 4.78 is 0. The number of hydrogen-bond acceptors (Lipinski definition) is 2. The summed E-state index contributed by atoms with van der Waals surface area (Å²) in [5, 5.41) is 8.87. The van der Waals surface area contributed by atoms with Crippen molar-refractivity contribution in [2.75, 3.05) is 13.1 Å². The van der Waals surface area contributed by atoms with E-state index in [-0.39, 0.29) is 16.9 Å². The van der Waals surface area contributed by atoms with Crippen molar-refractivity contribution < 1.29 is 14.7 Å². The molecule has 1 atom stereocenters. The van der Waals surface area contributed by atoms with Crippen molar-refractivity contribution in [1.82, 2.24) is 4.90 Å². The second-order valence-electron chi connectivity index (χ2n) is 6.67. The SMILES string of the molecule is CC1CCN(C(=O)Cc2ccc(C(=O)O)cc2)CC1(C)C. The van der Waals surface area contributed by atoms with Crippen LogP contribution in [0, 0.1) is 11.3 Å². The van der Waals surface area contributed by atoms with Crippen LogP contribution < -0.4 is 0 Å². The highest BCUT2D eigenvalue weighted by atomic mass is 16.4. The van der Waals surface area contributed by atoms with E-state index < -0.39 is 5.97 Å². The van der Waals surface area contributed by atoms with Gasteiger partial charge in [0.25, 0.3) is 0 Å². The molecule has 1 heterocycles. The van der Waals surface area contributed by atoms with Crippen LogP contribution >= 0.6 is 0 Å². The number of carbonyl (C=O) groups is 2. The molecule has 2 rings (SSSR count). The summed E-state index contributed by atoms with van der Waals surface area (Å²) in [4.78, 5) is 25.1. The zero-order valence-electron chi connectivity index (χ0n) is 12.9. The molecule has 0 saturated carbocycles. The summed E-state index contributed by atoms with van der Waals surface area (Å²) in [5.41, 5.74) is 1.27. The third-order valence-corrected chi connectivity index (χ3v) is 4.67. The number of amides is 1. The average molecular weight is 289 g/mol. The summed E-state index contributed by atoms with van der Waals surface area (Å²) >= 11 is 0. The van der Waals surface area contributed by atoms with Crippen molar-refractivity contribution in [3.63, 3.8) is 0 Å². The Morgan fingerprint density at radius 3 is 2.43 bits per heavy atom. The fraction of sp³-hybridized carbons (Fsp3) is 0.529. The lowest BCUT2D eigenvalue weighted by molar-refractivity contribution is -0.134. The van der Waals surface area contributed by atoms with Crippen molar-refractivity contribution in [2.45, 2.75) is 33.6 Å². The standard InChI is InChI=1S/C17H23NO3/c1-12-8-9-18(11-17(12,2)3)15(19)10-13-4-6-14(7-5-13)16(20)21/h4-7,12H,8-11H2,1-3H3,(H,20,21). The molecule has 1 aliphatic heterocycles. The first-order valence-corrected chi connectivity index (χ1v) is 7.39. The third-order valence-electron chi connectivity index (χ3n) is 4.67. The van der Waals surface area contributed by atoms with E-state index in [2.05, 4.69) is 20.8 Å². The fourth-order valence-electron chi connectivity index (χ4n) is 2.73. The molecule has 1 N–H and O–H groups in total. The van der Waals surface area contributed by atoms with Crippen LogP contribution in [0.4, 0.5) is 0 Å². The maximum Gasteiger partial charge on any atom is 0.335 e. The molecule has 1 aromatic carbocycles. The maximum atomic E-state index is 12.4. The summed E-state index contributed by atoms with van der Waals surface area (Å²) in [6, 6.07) is 6.54. The molecule has 1 aromatic rings. The minimum Gasteiger partial charge on any atom is -0.478 e. The first-order chi connectivity index (χ1) is 9.79. The van der Waals surface area contributed by atoms with Crippen LogP contribution in [0.15, 0.2) is 24.3 Å². The van der Waals surface area contributed by atoms with Crippen LogP contribution in [-0.4, -0.2) is 35.0 Å². The first kappa shape index (κ1) is 15.5. The smallest absolute Gasteiger partial charge is 0.335 e. The molecule has 1 saturated heterocycles. The molecule has 0 spiro atoms. The van der Waals surface area contributed by atoms with Gasteiger partial charge < -0.3 is 10.0 Å². The second kappa shape index (κ2) is 5.88. The van der Waals surface area contributed by atoms with Gasteiger partial charge in [-0.05, 0) is 35.4 Å². The Balaban J connectivity index is 2.00. The second-order valence-corrected chi connectivity index (χ2v) is 6.67. The number of likely N-dealkylation sites (tertiary alicyclic amines) is 1. The number of benzene rings is 1. The highest BCUT2D eigenvalue weighted by Gasteiger charge is 2.34. The van der Waals surface area contributed by atoms with Gasteiger partial charge in [-0.2, -0.15) is 0 Å². The zero-order chi connectivity index (χ0) is 15.6. The summed E-state index contributed by atoms with van der Waals surface area (Å²) in [5.74, 6) is -0.200. The van der Waals surface area contributed by atoms with E-state index in [0.717, 1.165) is 25.1 Å². The average Bonchev–Trinajstić information content (AvgIpc) is 2.42. The molecule has 0 aliphatic carbocycles. The molecule has 114 valence electrons. The summed E-state index contributed by atoms with van der Waals surface area (Å²) in [6.07, 6.45) is 1.38. The Morgan fingerprint density at radius 1 is 1.29 bits per heavy atom. The van der Waals surface area contributed by atoms with Gasteiger partial charge in [0.2, 0.25) is 5.91 Å². The van der Waals surface area contributed by atoms with Crippen molar-refractivity contribution in [3.8, 4) is 0 Å². The van der Waals surface area contributed by atoms with Gasteiger partial charge in [0, 0.05) is 13.1 Å². The van der Waals surface area contributed by atoms with Crippen LogP contribution in [0.3, 0.4) is 0 Å². The molecule has 4 nitrogen and oxygen atoms in total. The van der Waals surface area contributed by atoms with E-state index in [1.165, 1.54) is 0 Å². The third kappa shape index (κ3) is 3.63. The van der Waals surface area contributed by atoms with Gasteiger partial charge in [0.15, 0.2) is 0 Å². The van der Waals surface area contributed by atoms with Crippen LogP contribution in [0.1, 0.15) is 43.1 Å². The molecule has 1 aliphatic rings. The van der Waals surface area contributed by atoms with E-state index in [1.807, 2.05) is 4.90 Å². The molecule has 0 aromatic heterocycles. The normalized spacial score (nSPS) is 21.1. The van der Waals surface area contributed by atoms with Crippen LogP contribution in [-0.2, 0) is 11.2 Å². The maximum absolute atomic E-state index is 12.4. The number of carboxylic acids is 1. The Kier molecular flexibility index (Phi) is 4.35. The Morgan fingerprint density at radius 2 is 1.90 bits per heavy atom. The number of nitrogens with zero attached hydrogens (tertiary/aromatic N) is 1. The summed E-state index contributed by atoms with van der Waals surface area (Å²) in [6.45, 7) is 8.26. The Bertz CT molecular complexity index is 533. The van der Waals surface area contributed by atoms with E-state index in [0.29, 0.717) is 12.3 Å². The lowest BCUT2D eigenvalue weighted by Gasteiger charge is -2.43. The van der Waals surface area contributed by atoms with Crippen LogP contribution in [0.25, 0.3) is 0 Å². The van der Waals surface area contributed by atoms with Crippen molar-refractivity contribution in [3.05, 3.63) is 35.4 Å². The molecule has 1 unspecified atom stereocenters. The van der Waals surface area contributed by atoms with Gasteiger partial charge in [0.05, 0.1) is 12.0 Å². The van der Waals surface area contributed by atoms with Crippen molar-refractivity contribution in [2.24, 2.45) is 11.3 Å². The largest absolute Gasteiger partial charge is 0.478 e. The van der Waals surface area contributed by atoms with Crippen molar-refractivity contribution in [1.29, 1.82) is 0 Å². The fourth-order valence-corrected chi connectivity index (χ4v) is 2.73. The quantitative estimate of drug-likeness (QED) is 0.931. The monoisotopic (exact) mass is 289 g/mol. The molecular formula is C17H23NO3. The van der Waals surface area contributed by atoms with Gasteiger partial charge in [-0.25, -0.2) is 4.79 Å². The number of aromatic carboxylic acids is 1. The summed E-state index contributed by atoms with van der Waals surface area (Å²) in [7, 11) is 0. The minimum absolute atomic E-state index is 0.123.